The van der Waals surface area contributed by atoms with E-state index in [9.17, 15) is 4.79 Å². The highest BCUT2D eigenvalue weighted by Crippen LogP contribution is 2.28. The first-order valence-corrected chi connectivity index (χ1v) is 9.24. The molecule has 0 unspecified atom stereocenters. The maximum Gasteiger partial charge on any atom is 0.255 e. The van der Waals surface area contributed by atoms with E-state index in [4.69, 9.17) is 26.8 Å². The predicted octanol–water partition coefficient (Wildman–Crippen LogP) is 2.69. The Bertz CT molecular complexity index is 807. The van der Waals surface area contributed by atoms with Crippen molar-refractivity contribution in [3.8, 4) is 5.75 Å². The quantitative estimate of drug-likeness (QED) is 0.743. The summed E-state index contributed by atoms with van der Waals surface area (Å²) >= 11 is 6.06. The number of hydrogen-bond acceptors (Lipinski definition) is 5. The average molecular weight is 390 g/mol. The minimum atomic E-state index is -0.255. The molecule has 0 aliphatic carbocycles. The van der Waals surface area contributed by atoms with Crippen LogP contribution in [0.15, 0.2) is 36.4 Å². The van der Waals surface area contributed by atoms with Crippen LogP contribution in [0.1, 0.15) is 21.5 Å². The van der Waals surface area contributed by atoms with Crippen molar-refractivity contribution < 1.29 is 14.3 Å². The van der Waals surface area contributed by atoms with Gasteiger partial charge in [-0.3, -0.25) is 9.69 Å². The Morgan fingerprint density at radius 2 is 1.96 bits per heavy atom. The molecule has 1 fully saturated rings. The van der Waals surface area contributed by atoms with Gasteiger partial charge in [-0.15, -0.1) is 0 Å². The Labute approximate surface area is 164 Å². The minimum absolute atomic E-state index is 0.255. The van der Waals surface area contributed by atoms with Gasteiger partial charge in [-0.2, -0.15) is 0 Å². The fourth-order valence-electron chi connectivity index (χ4n) is 3.07. The molecule has 144 valence electrons. The van der Waals surface area contributed by atoms with Gasteiger partial charge in [0, 0.05) is 32.2 Å². The zero-order valence-electron chi connectivity index (χ0n) is 15.3. The molecule has 0 bridgehead atoms. The molecule has 3 rings (SSSR count). The molecule has 1 amide bonds. The first kappa shape index (κ1) is 19.5. The third-order valence-corrected chi connectivity index (χ3v) is 4.95. The van der Waals surface area contributed by atoms with Crippen LogP contribution in [0.4, 0.5) is 5.69 Å². The summed E-state index contributed by atoms with van der Waals surface area (Å²) in [7, 11) is 1.50. The molecule has 0 radical (unpaired) electrons. The molecule has 1 aliphatic rings. The third kappa shape index (κ3) is 4.91. The van der Waals surface area contributed by atoms with E-state index in [1.165, 1.54) is 18.7 Å². The molecule has 0 atom stereocenters. The maximum absolute atomic E-state index is 12.6. The lowest BCUT2D eigenvalue weighted by atomic mass is 10.1. The van der Waals surface area contributed by atoms with E-state index >= 15 is 0 Å². The molecule has 2 aromatic carbocycles. The van der Waals surface area contributed by atoms with Gasteiger partial charge in [-0.1, -0.05) is 35.9 Å². The zero-order valence-corrected chi connectivity index (χ0v) is 16.1. The van der Waals surface area contributed by atoms with Crippen LogP contribution in [-0.2, 0) is 17.8 Å². The number of carbonyl (C=O) groups excluding carboxylic acids is 1. The lowest BCUT2D eigenvalue weighted by molar-refractivity contribution is 0.0340. The summed E-state index contributed by atoms with van der Waals surface area (Å²) in [5, 5.41) is 3.28. The molecule has 3 N–H and O–H groups in total. The van der Waals surface area contributed by atoms with Crippen LogP contribution in [0.3, 0.4) is 0 Å². The minimum Gasteiger partial charge on any atom is -0.496 e. The summed E-state index contributed by atoms with van der Waals surface area (Å²) in [4.78, 5) is 15.0. The molecule has 0 spiro atoms. The summed E-state index contributed by atoms with van der Waals surface area (Å²) in [6.07, 6.45) is 0. The smallest absolute Gasteiger partial charge is 0.255 e. The number of ether oxygens (including phenoxy) is 2. The van der Waals surface area contributed by atoms with Crippen molar-refractivity contribution in [3.63, 3.8) is 0 Å². The van der Waals surface area contributed by atoms with E-state index in [-0.39, 0.29) is 5.91 Å². The van der Waals surface area contributed by atoms with Crippen molar-refractivity contribution in [1.29, 1.82) is 0 Å². The molecule has 1 heterocycles. The SMILES string of the molecule is COc1cc(N)c(Cl)cc1C(=O)NCc1ccccc1CN1CCOCC1. The third-order valence-electron chi connectivity index (χ3n) is 4.62. The number of nitrogens with two attached hydrogens (primary N) is 1. The van der Waals surface area contributed by atoms with E-state index in [0.29, 0.717) is 28.6 Å². The van der Waals surface area contributed by atoms with Crippen LogP contribution in [-0.4, -0.2) is 44.2 Å². The van der Waals surface area contributed by atoms with E-state index in [0.717, 1.165) is 38.4 Å². The van der Waals surface area contributed by atoms with E-state index in [1.807, 2.05) is 18.2 Å². The molecule has 1 saturated heterocycles. The molecule has 1 aliphatic heterocycles. The van der Waals surface area contributed by atoms with Crippen LogP contribution in [0, 0.1) is 0 Å². The Morgan fingerprint density at radius 3 is 2.67 bits per heavy atom. The monoisotopic (exact) mass is 389 g/mol. The Hall–Kier alpha value is -2.28. The summed E-state index contributed by atoms with van der Waals surface area (Å²) in [5.74, 6) is 0.144. The number of nitrogens with one attached hydrogen (secondary N) is 1. The fraction of sp³-hybridized carbons (Fsp3) is 0.350. The van der Waals surface area contributed by atoms with Gasteiger partial charge in [0.05, 0.1) is 36.6 Å². The average Bonchev–Trinajstić information content (AvgIpc) is 2.69. The van der Waals surface area contributed by atoms with E-state index in [1.54, 1.807) is 6.07 Å². The van der Waals surface area contributed by atoms with Gasteiger partial charge >= 0.3 is 0 Å². The van der Waals surface area contributed by atoms with Crippen LogP contribution >= 0.6 is 11.6 Å². The first-order chi connectivity index (χ1) is 13.1. The van der Waals surface area contributed by atoms with Crippen molar-refractivity contribution in [2.24, 2.45) is 0 Å². The van der Waals surface area contributed by atoms with Gasteiger partial charge in [0.25, 0.3) is 5.91 Å². The van der Waals surface area contributed by atoms with Gasteiger partial charge in [-0.25, -0.2) is 0 Å². The van der Waals surface area contributed by atoms with Gasteiger partial charge < -0.3 is 20.5 Å². The van der Waals surface area contributed by atoms with Crippen molar-refractivity contribution in [3.05, 3.63) is 58.1 Å². The Morgan fingerprint density at radius 1 is 1.26 bits per heavy atom. The van der Waals surface area contributed by atoms with Gasteiger partial charge in [0.1, 0.15) is 5.75 Å². The number of amides is 1. The molecule has 0 aromatic heterocycles. The number of benzene rings is 2. The van der Waals surface area contributed by atoms with E-state index in [2.05, 4.69) is 16.3 Å². The van der Waals surface area contributed by atoms with Crippen LogP contribution in [0.25, 0.3) is 0 Å². The van der Waals surface area contributed by atoms with Gasteiger partial charge in [0.15, 0.2) is 0 Å². The largest absolute Gasteiger partial charge is 0.496 e. The number of hydrogen-bond donors (Lipinski definition) is 2. The predicted molar refractivity (Wildman–Crippen MR) is 106 cm³/mol. The number of methoxy groups -OCH3 is 1. The first-order valence-electron chi connectivity index (χ1n) is 8.86. The lowest BCUT2D eigenvalue weighted by Gasteiger charge is -2.27. The molecular formula is C20H24ClN3O3. The van der Waals surface area contributed by atoms with Crippen molar-refractivity contribution in [2.45, 2.75) is 13.1 Å². The number of halogens is 1. The van der Waals surface area contributed by atoms with Crippen LogP contribution in [0.2, 0.25) is 5.02 Å². The maximum atomic E-state index is 12.6. The lowest BCUT2D eigenvalue weighted by Crippen LogP contribution is -2.36. The summed E-state index contributed by atoms with van der Waals surface area (Å²) in [6.45, 7) is 4.62. The van der Waals surface area contributed by atoms with Crippen molar-refractivity contribution in [2.75, 3.05) is 39.1 Å². The summed E-state index contributed by atoms with van der Waals surface area (Å²) in [5.41, 5.74) is 8.80. The fourth-order valence-corrected chi connectivity index (χ4v) is 3.23. The van der Waals surface area contributed by atoms with Gasteiger partial charge in [-0.05, 0) is 17.2 Å². The van der Waals surface area contributed by atoms with Gasteiger partial charge in [0.2, 0.25) is 0 Å². The number of morpholine rings is 1. The Kier molecular flexibility index (Phi) is 6.55. The number of carbonyl (C=O) groups is 1. The zero-order chi connectivity index (χ0) is 19.2. The van der Waals surface area contributed by atoms with Crippen LogP contribution < -0.4 is 15.8 Å². The molecule has 2 aromatic rings. The second-order valence-electron chi connectivity index (χ2n) is 6.41. The molecule has 27 heavy (non-hydrogen) atoms. The summed E-state index contributed by atoms with van der Waals surface area (Å²) in [6, 6.07) is 11.2. The second kappa shape index (κ2) is 9.08. The standard InChI is InChI=1S/C20H24ClN3O3/c1-26-19-11-18(22)17(21)10-16(19)20(25)23-12-14-4-2-3-5-15(14)13-24-6-8-27-9-7-24/h2-5,10-11H,6-9,12-13,22H2,1H3,(H,23,25). The molecule has 7 heteroatoms. The highest BCUT2D eigenvalue weighted by atomic mass is 35.5. The van der Waals surface area contributed by atoms with Crippen LogP contribution in [0.5, 0.6) is 5.75 Å². The highest BCUT2D eigenvalue weighted by Gasteiger charge is 2.16. The second-order valence-corrected chi connectivity index (χ2v) is 6.82. The topological polar surface area (TPSA) is 76.8 Å². The molecule has 6 nitrogen and oxygen atoms in total. The summed E-state index contributed by atoms with van der Waals surface area (Å²) < 4.78 is 10.7. The Balaban J connectivity index is 1.70. The number of nitrogens with zero attached hydrogens (tertiary/aromatic N) is 1. The van der Waals surface area contributed by atoms with Crippen molar-refractivity contribution >= 4 is 23.2 Å². The highest BCUT2D eigenvalue weighted by molar-refractivity contribution is 6.33. The normalized spacial score (nSPS) is 14.7. The van der Waals surface area contributed by atoms with Crippen molar-refractivity contribution in [1.82, 2.24) is 10.2 Å². The molecule has 0 saturated carbocycles. The molecular weight excluding hydrogens is 366 g/mol. The number of rotatable bonds is 6. The number of anilines is 1. The number of nitrogen functional groups attached to an aromatic ring is 1. The van der Waals surface area contributed by atoms with E-state index < -0.39 is 0 Å².